The third-order valence-electron chi connectivity index (χ3n) is 4.95. The molecule has 2 aromatic carbocycles. The van der Waals surface area contributed by atoms with Gasteiger partial charge >= 0.3 is 0 Å². The number of nitrogens with zero attached hydrogens (tertiary/aromatic N) is 1. The topological polar surface area (TPSA) is 23.5 Å². The second-order valence-electron chi connectivity index (χ2n) is 6.25. The van der Waals surface area contributed by atoms with Crippen LogP contribution in [0.4, 0.5) is 0 Å². The molecule has 3 heteroatoms. The monoisotopic (exact) mass is 327 g/mol. The number of fused-ring (bicyclic) bond motifs is 2. The summed E-state index contributed by atoms with van der Waals surface area (Å²) in [4.78, 5) is 4.72. The van der Waals surface area contributed by atoms with Crippen molar-refractivity contribution in [1.82, 2.24) is 4.90 Å². The first-order valence-corrected chi connectivity index (χ1v) is 9.24. The quantitative estimate of drug-likeness (QED) is 0.882. The molecule has 1 atom stereocenters. The van der Waals surface area contributed by atoms with Crippen LogP contribution in [0.15, 0.2) is 58.3 Å². The number of aliphatic hydroxyl groups is 1. The van der Waals surface area contributed by atoms with Crippen molar-refractivity contribution >= 4 is 11.8 Å². The van der Waals surface area contributed by atoms with Crippen LogP contribution in [0.1, 0.15) is 31.9 Å². The lowest BCUT2D eigenvalue weighted by molar-refractivity contribution is 0.00329. The van der Waals surface area contributed by atoms with E-state index in [2.05, 4.69) is 62.1 Å². The zero-order valence-corrected chi connectivity index (χ0v) is 14.9. The normalized spacial score (nSPS) is 16.7. The van der Waals surface area contributed by atoms with Crippen LogP contribution in [-0.4, -0.2) is 29.6 Å². The molecule has 0 radical (unpaired) electrons. The van der Waals surface area contributed by atoms with Crippen molar-refractivity contribution in [2.45, 2.75) is 36.2 Å². The Kier molecular flexibility index (Phi) is 4.81. The fraction of sp³-hybridized carbons (Fsp3) is 0.400. The predicted molar refractivity (Wildman–Crippen MR) is 97.0 cm³/mol. The van der Waals surface area contributed by atoms with Gasteiger partial charge in [-0.05, 0) is 25.2 Å². The van der Waals surface area contributed by atoms with Crippen LogP contribution in [0.2, 0.25) is 0 Å². The Bertz CT molecular complexity index is 635. The van der Waals surface area contributed by atoms with E-state index in [0.29, 0.717) is 0 Å². The lowest BCUT2D eigenvalue weighted by Crippen LogP contribution is -2.43. The van der Waals surface area contributed by atoms with Crippen LogP contribution in [-0.2, 0) is 5.60 Å². The number of hydrogen-bond donors (Lipinski definition) is 1. The molecule has 2 nitrogen and oxygen atoms in total. The summed E-state index contributed by atoms with van der Waals surface area (Å²) < 4.78 is 0. The van der Waals surface area contributed by atoms with Gasteiger partial charge < -0.3 is 10.0 Å². The highest BCUT2D eigenvalue weighted by Gasteiger charge is 2.43. The lowest BCUT2D eigenvalue weighted by atomic mass is 9.76. The third kappa shape index (κ3) is 2.82. The summed E-state index contributed by atoms with van der Waals surface area (Å²) in [5.41, 5.74) is 1.16. The minimum atomic E-state index is -0.930. The maximum atomic E-state index is 11.8. The van der Waals surface area contributed by atoms with Crippen molar-refractivity contribution in [3.8, 4) is 0 Å². The van der Waals surface area contributed by atoms with E-state index in [4.69, 9.17) is 0 Å². The van der Waals surface area contributed by atoms with Crippen molar-refractivity contribution in [3.63, 3.8) is 0 Å². The van der Waals surface area contributed by atoms with E-state index in [1.807, 2.05) is 12.1 Å². The van der Waals surface area contributed by atoms with Crippen LogP contribution < -0.4 is 0 Å². The molecule has 0 amide bonds. The molecule has 0 aromatic heterocycles. The van der Waals surface area contributed by atoms with Gasteiger partial charge in [0.1, 0.15) is 5.60 Å². The molecule has 23 heavy (non-hydrogen) atoms. The van der Waals surface area contributed by atoms with E-state index < -0.39 is 5.60 Å². The molecule has 0 bridgehead atoms. The zero-order chi connectivity index (χ0) is 16.4. The average molecular weight is 327 g/mol. The minimum absolute atomic E-state index is 0.116. The van der Waals surface area contributed by atoms with E-state index in [1.54, 1.807) is 11.8 Å². The van der Waals surface area contributed by atoms with Gasteiger partial charge in [-0.2, -0.15) is 0 Å². The zero-order valence-electron chi connectivity index (χ0n) is 14.1. The van der Waals surface area contributed by atoms with Crippen molar-refractivity contribution in [1.29, 1.82) is 0 Å². The second-order valence-corrected chi connectivity index (χ2v) is 7.33. The highest BCUT2D eigenvalue weighted by molar-refractivity contribution is 7.99. The summed E-state index contributed by atoms with van der Waals surface area (Å²) in [5, 5.41) is 11.8. The third-order valence-corrected chi connectivity index (χ3v) is 6.11. The van der Waals surface area contributed by atoms with Gasteiger partial charge in [0.15, 0.2) is 0 Å². The van der Waals surface area contributed by atoms with Crippen LogP contribution in [0.25, 0.3) is 0 Å². The average Bonchev–Trinajstić information content (AvgIpc) is 2.59. The Morgan fingerprint density at radius 1 is 0.957 bits per heavy atom. The molecule has 1 aliphatic heterocycles. The first-order valence-electron chi connectivity index (χ1n) is 8.42. The molecule has 1 aliphatic rings. The van der Waals surface area contributed by atoms with Crippen molar-refractivity contribution in [2.75, 3.05) is 19.6 Å². The molecule has 0 saturated heterocycles. The molecule has 0 spiro atoms. The molecule has 1 heterocycles. The van der Waals surface area contributed by atoms with E-state index >= 15 is 0 Å². The standard InChI is InChI=1S/C20H25NOS/c1-4-21(5-2)14-15(3)20(22)16-10-6-8-12-18(16)23-19-13-9-7-11-17(19)20/h6-13,15,22H,4-5,14H2,1-3H3. The Labute approximate surface area is 143 Å². The van der Waals surface area contributed by atoms with Crippen LogP contribution in [0, 0.1) is 5.92 Å². The van der Waals surface area contributed by atoms with Gasteiger partial charge in [0.25, 0.3) is 0 Å². The van der Waals surface area contributed by atoms with E-state index in [0.717, 1.165) is 30.8 Å². The maximum absolute atomic E-state index is 11.8. The van der Waals surface area contributed by atoms with Gasteiger partial charge in [-0.15, -0.1) is 0 Å². The fourth-order valence-electron chi connectivity index (χ4n) is 3.54. The first kappa shape index (κ1) is 16.6. The number of rotatable bonds is 5. The molecular formula is C20H25NOS. The Morgan fingerprint density at radius 3 is 1.91 bits per heavy atom. The molecule has 0 fully saturated rings. The molecule has 1 unspecified atom stereocenters. The minimum Gasteiger partial charge on any atom is -0.380 e. The van der Waals surface area contributed by atoms with Crippen molar-refractivity contribution in [2.24, 2.45) is 5.92 Å². The fourth-order valence-corrected chi connectivity index (χ4v) is 4.73. The summed E-state index contributed by atoms with van der Waals surface area (Å²) >= 11 is 1.76. The Balaban J connectivity index is 2.09. The van der Waals surface area contributed by atoms with E-state index in [-0.39, 0.29) is 5.92 Å². The van der Waals surface area contributed by atoms with Gasteiger partial charge in [-0.25, -0.2) is 0 Å². The van der Waals surface area contributed by atoms with Gasteiger partial charge in [0.05, 0.1) is 0 Å². The van der Waals surface area contributed by atoms with Gasteiger partial charge in [0.2, 0.25) is 0 Å². The van der Waals surface area contributed by atoms with Crippen LogP contribution >= 0.6 is 11.8 Å². The molecule has 0 aliphatic carbocycles. The van der Waals surface area contributed by atoms with E-state index in [1.165, 1.54) is 9.79 Å². The summed E-state index contributed by atoms with van der Waals surface area (Å²) in [6.07, 6.45) is 0. The van der Waals surface area contributed by atoms with Gasteiger partial charge in [-0.3, -0.25) is 0 Å². The molecule has 3 rings (SSSR count). The summed E-state index contributed by atoms with van der Waals surface area (Å²) in [7, 11) is 0. The lowest BCUT2D eigenvalue weighted by Gasteiger charge is -2.42. The number of benzene rings is 2. The summed E-state index contributed by atoms with van der Waals surface area (Å²) in [6, 6.07) is 16.6. The van der Waals surface area contributed by atoms with E-state index in [9.17, 15) is 5.11 Å². The van der Waals surface area contributed by atoms with Gasteiger partial charge in [-0.1, -0.05) is 68.9 Å². The highest BCUT2D eigenvalue weighted by Crippen LogP contribution is 2.51. The second kappa shape index (κ2) is 6.68. The maximum Gasteiger partial charge on any atom is 0.121 e. The first-order chi connectivity index (χ1) is 11.1. The predicted octanol–water partition coefficient (Wildman–Crippen LogP) is 4.37. The summed E-state index contributed by atoms with van der Waals surface area (Å²) in [6.45, 7) is 9.43. The van der Waals surface area contributed by atoms with Crippen LogP contribution in [0.5, 0.6) is 0 Å². The summed E-state index contributed by atoms with van der Waals surface area (Å²) in [5.74, 6) is 0.116. The molecule has 2 aromatic rings. The smallest absolute Gasteiger partial charge is 0.121 e. The van der Waals surface area contributed by atoms with Gasteiger partial charge in [0, 0.05) is 33.4 Å². The molecule has 0 saturated carbocycles. The van der Waals surface area contributed by atoms with Crippen molar-refractivity contribution < 1.29 is 5.11 Å². The highest BCUT2D eigenvalue weighted by atomic mass is 32.2. The Morgan fingerprint density at radius 2 is 1.43 bits per heavy atom. The Hall–Kier alpha value is -1.29. The number of hydrogen-bond acceptors (Lipinski definition) is 3. The molecule has 122 valence electrons. The largest absolute Gasteiger partial charge is 0.380 e. The SMILES string of the molecule is CCN(CC)CC(C)C1(O)c2ccccc2Sc2ccccc21. The van der Waals surface area contributed by atoms with Crippen LogP contribution in [0.3, 0.4) is 0 Å². The van der Waals surface area contributed by atoms with Crippen molar-refractivity contribution in [3.05, 3.63) is 59.7 Å². The molecular weight excluding hydrogens is 302 g/mol. The molecule has 1 N–H and O–H groups in total.